The minimum Gasteiger partial charge on any atom is -0.469 e. The third kappa shape index (κ3) is 2.32. The van der Waals surface area contributed by atoms with Gasteiger partial charge in [-0.25, -0.2) is 0 Å². The van der Waals surface area contributed by atoms with Gasteiger partial charge >= 0.3 is 0 Å². The number of nitrogens with two attached hydrogens (primary N) is 1. The van der Waals surface area contributed by atoms with Crippen LogP contribution in [0.1, 0.15) is 11.3 Å². The van der Waals surface area contributed by atoms with Gasteiger partial charge < -0.3 is 14.9 Å². The molecular formula is C8H11NO2S. The molecule has 12 heavy (non-hydrogen) atoms. The Morgan fingerprint density at radius 3 is 3.08 bits per heavy atom. The van der Waals surface area contributed by atoms with Crippen LogP contribution in [0.5, 0.6) is 0 Å². The van der Waals surface area contributed by atoms with Crippen LogP contribution >= 0.6 is 12.2 Å². The molecule has 0 amide bonds. The highest BCUT2D eigenvalue weighted by molar-refractivity contribution is 7.80. The number of furan rings is 1. The summed E-state index contributed by atoms with van der Waals surface area (Å²) in [6.07, 6.45) is 2.11. The first-order valence-corrected chi connectivity index (χ1v) is 3.97. The van der Waals surface area contributed by atoms with Gasteiger partial charge in [-0.2, -0.15) is 0 Å². The summed E-state index contributed by atoms with van der Waals surface area (Å²) < 4.78 is 10.1. The molecule has 1 aromatic heterocycles. The second-order valence-electron chi connectivity index (χ2n) is 2.45. The van der Waals surface area contributed by atoms with E-state index in [9.17, 15) is 0 Å². The highest BCUT2D eigenvalue weighted by atomic mass is 32.1. The molecule has 2 N–H and O–H groups in total. The topological polar surface area (TPSA) is 48.4 Å². The minimum atomic E-state index is 0.433. The van der Waals surface area contributed by atoms with Crippen molar-refractivity contribution in [2.24, 2.45) is 5.73 Å². The standard InChI is InChI=1S/C8H11NO2S/c1-10-5-6-2-3-11-7(6)4-8(9)12/h2-3H,4-5H2,1H3,(H2,9,12). The van der Waals surface area contributed by atoms with E-state index in [1.54, 1.807) is 13.4 Å². The van der Waals surface area contributed by atoms with Crippen LogP contribution in [0.4, 0.5) is 0 Å². The van der Waals surface area contributed by atoms with Gasteiger partial charge in [0, 0.05) is 12.7 Å². The lowest BCUT2D eigenvalue weighted by Gasteiger charge is -1.99. The molecule has 0 fully saturated rings. The zero-order chi connectivity index (χ0) is 8.97. The molecule has 1 aromatic rings. The quantitative estimate of drug-likeness (QED) is 0.717. The first kappa shape index (κ1) is 9.22. The summed E-state index contributed by atoms with van der Waals surface area (Å²) in [6.45, 7) is 0.536. The molecule has 3 nitrogen and oxygen atoms in total. The predicted octanol–water partition coefficient (Wildman–Crippen LogP) is 1.25. The van der Waals surface area contributed by atoms with Crippen molar-refractivity contribution in [2.45, 2.75) is 13.0 Å². The van der Waals surface area contributed by atoms with Crippen molar-refractivity contribution in [3.05, 3.63) is 23.7 Å². The van der Waals surface area contributed by atoms with Crippen LogP contribution < -0.4 is 5.73 Å². The summed E-state index contributed by atoms with van der Waals surface area (Å²) in [7, 11) is 1.64. The average Bonchev–Trinajstić information content (AvgIpc) is 2.37. The van der Waals surface area contributed by atoms with Gasteiger partial charge in [-0.05, 0) is 6.07 Å². The molecule has 0 unspecified atom stereocenters. The molecule has 1 heterocycles. The number of thiocarbonyl (C=S) groups is 1. The highest BCUT2D eigenvalue weighted by Crippen LogP contribution is 2.12. The van der Waals surface area contributed by atoms with Crippen LogP contribution in [0, 0.1) is 0 Å². The fourth-order valence-electron chi connectivity index (χ4n) is 0.964. The summed E-state index contributed by atoms with van der Waals surface area (Å²) in [4.78, 5) is 0.433. The Kier molecular flexibility index (Phi) is 3.25. The van der Waals surface area contributed by atoms with E-state index >= 15 is 0 Å². The smallest absolute Gasteiger partial charge is 0.116 e. The fourth-order valence-corrected chi connectivity index (χ4v) is 1.10. The van der Waals surface area contributed by atoms with E-state index in [1.807, 2.05) is 6.07 Å². The first-order chi connectivity index (χ1) is 5.74. The Morgan fingerprint density at radius 1 is 1.75 bits per heavy atom. The number of hydrogen-bond acceptors (Lipinski definition) is 3. The maximum Gasteiger partial charge on any atom is 0.116 e. The molecule has 1 rings (SSSR count). The molecule has 0 spiro atoms. The second-order valence-corrected chi connectivity index (χ2v) is 2.97. The molecule has 0 aliphatic rings. The van der Waals surface area contributed by atoms with Gasteiger partial charge in [0.15, 0.2) is 0 Å². The summed E-state index contributed by atoms with van der Waals surface area (Å²) >= 11 is 4.76. The van der Waals surface area contributed by atoms with Crippen molar-refractivity contribution in [1.29, 1.82) is 0 Å². The number of rotatable bonds is 4. The number of hydrogen-bond donors (Lipinski definition) is 1. The Labute approximate surface area is 76.5 Å². The summed E-state index contributed by atoms with van der Waals surface area (Å²) in [5.74, 6) is 0.796. The molecular weight excluding hydrogens is 174 g/mol. The van der Waals surface area contributed by atoms with Gasteiger partial charge in [0.2, 0.25) is 0 Å². The third-order valence-corrected chi connectivity index (χ3v) is 1.62. The van der Waals surface area contributed by atoms with Gasteiger partial charge in [0.1, 0.15) is 5.76 Å². The SMILES string of the molecule is COCc1ccoc1CC(N)=S. The van der Waals surface area contributed by atoms with Gasteiger partial charge in [-0.1, -0.05) is 12.2 Å². The largest absolute Gasteiger partial charge is 0.469 e. The second kappa shape index (κ2) is 4.23. The lowest BCUT2D eigenvalue weighted by atomic mass is 10.2. The first-order valence-electron chi connectivity index (χ1n) is 3.56. The molecule has 0 atom stereocenters. The highest BCUT2D eigenvalue weighted by Gasteiger charge is 2.06. The van der Waals surface area contributed by atoms with E-state index in [-0.39, 0.29) is 0 Å². The monoisotopic (exact) mass is 185 g/mol. The zero-order valence-electron chi connectivity index (χ0n) is 6.87. The van der Waals surface area contributed by atoms with Crippen LogP contribution in [0.25, 0.3) is 0 Å². The molecule has 0 radical (unpaired) electrons. The molecule has 0 saturated carbocycles. The van der Waals surface area contributed by atoms with Crippen molar-refractivity contribution in [2.75, 3.05) is 7.11 Å². The molecule has 0 aliphatic carbocycles. The normalized spacial score (nSPS) is 10.1. The maximum atomic E-state index is 5.38. The van der Waals surface area contributed by atoms with Crippen molar-refractivity contribution in [3.8, 4) is 0 Å². The molecule has 4 heteroatoms. The lowest BCUT2D eigenvalue weighted by molar-refractivity contribution is 0.183. The maximum absolute atomic E-state index is 5.38. The molecule has 0 bridgehead atoms. The van der Waals surface area contributed by atoms with Crippen LogP contribution in [0.3, 0.4) is 0 Å². The van der Waals surface area contributed by atoms with Crippen molar-refractivity contribution in [3.63, 3.8) is 0 Å². The summed E-state index contributed by atoms with van der Waals surface area (Å²) in [6, 6.07) is 1.86. The van der Waals surface area contributed by atoms with Gasteiger partial charge in [0.05, 0.1) is 24.3 Å². The molecule has 66 valence electrons. The Balaban J connectivity index is 2.69. The summed E-state index contributed by atoms with van der Waals surface area (Å²) in [5, 5.41) is 0. The van der Waals surface area contributed by atoms with Gasteiger partial charge in [0.25, 0.3) is 0 Å². The van der Waals surface area contributed by atoms with E-state index in [1.165, 1.54) is 0 Å². The van der Waals surface area contributed by atoms with E-state index in [0.29, 0.717) is 18.0 Å². The van der Waals surface area contributed by atoms with Gasteiger partial charge in [-0.3, -0.25) is 0 Å². The van der Waals surface area contributed by atoms with E-state index in [2.05, 4.69) is 0 Å². The predicted molar refractivity (Wildman–Crippen MR) is 49.9 cm³/mol. The van der Waals surface area contributed by atoms with E-state index in [4.69, 9.17) is 27.1 Å². The van der Waals surface area contributed by atoms with Crippen LogP contribution in [-0.4, -0.2) is 12.1 Å². The van der Waals surface area contributed by atoms with Crippen LogP contribution in [-0.2, 0) is 17.8 Å². The minimum absolute atomic E-state index is 0.433. The Bertz CT molecular complexity index is 270. The van der Waals surface area contributed by atoms with Crippen molar-refractivity contribution < 1.29 is 9.15 Å². The Morgan fingerprint density at radius 2 is 2.50 bits per heavy atom. The molecule has 0 aromatic carbocycles. The summed E-state index contributed by atoms with van der Waals surface area (Å²) in [5.41, 5.74) is 6.38. The van der Waals surface area contributed by atoms with Crippen molar-refractivity contribution >= 4 is 17.2 Å². The molecule has 0 saturated heterocycles. The van der Waals surface area contributed by atoms with Crippen molar-refractivity contribution in [1.82, 2.24) is 0 Å². The van der Waals surface area contributed by atoms with E-state index < -0.39 is 0 Å². The molecule has 0 aliphatic heterocycles. The van der Waals surface area contributed by atoms with Crippen LogP contribution in [0.2, 0.25) is 0 Å². The lowest BCUT2D eigenvalue weighted by Crippen LogP contribution is -2.11. The van der Waals surface area contributed by atoms with Gasteiger partial charge in [-0.15, -0.1) is 0 Å². The fraction of sp³-hybridized carbons (Fsp3) is 0.375. The van der Waals surface area contributed by atoms with Crippen LogP contribution in [0.15, 0.2) is 16.7 Å². The number of methoxy groups -OCH3 is 1. The van der Waals surface area contributed by atoms with E-state index in [0.717, 1.165) is 11.3 Å². The third-order valence-electron chi connectivity index (χ3n) is 1.47. The number of ether oxygens (including phenoxy) is 1. The average molecular weight is 185 g/mol. The Hall–Kier alpha value is -0.870. The zero-order valence-corrected chi connectivity index (χ0v) is 7.69.